The second-order valence-corrected chi connectivity index (χ2v) is 8.89. The maximum atomic E-state index is 13.2. The van der Waals surface area contributed by atoms with E-state index in [1.807, 2.05) is 61.5 Å². The summed E-state index contributed by atoms with van der Waals surface area (Å²) in [7, 11) is 1.54. The molecule has 0 aliphatic carbocycles. The highest BCUT2D eigenvalue weighted by atomic mass is 16.5. The predicted octanol–water partition coefficient (Wildman–Crippen LogP) is 3.94. The Hall–Kier alpha value is -3.68. The molecule has 0 saturated carbocycles. The number of benzene rings is 3. The lowest BCUT2D eigenvalue weighted by Crippen LogP contribution is -2.42. The van der Waals surface area contributed by atoms with Crippen molar-refractivity contribution in [1.29, 1.82) is 0 Å². The summed E-state index contributed by atoms with van der Waals surface area (Å²) >= 11 is 0. The quantitative estimate of drug-likeness (QED) is 0.459. The monoisotopic (exact) mass is 474 g/mol. The molecule has 1 heterocycles. The van der Waals surface area contributed by atoms with E-state index in [0.29, 0.717) is 11.3 Å². The van der Waals surface area contributed by atoms with Gasteiger partial charge >= 0.3 is 6.03 Å². The minimum Gasteiger partial charge on any atom is -0.497 e. The SMILES string of the molecule is COc1cccc(C2(C)NC(=O)N(CC(O)COC(c3ccccc3)c3ccc(C)cc3)C2=O)c1. The second-order valence-electron chi connectivity index (χ2n) is 8.89. The van der Waals surface area contributed by atoms with Gasteiger partial charge in [-0.3, -0.25) is 9.69 Å². The molecule has 0 bridgehead atoms. The number of hydrogen-bond acceptors (Lipinski definition) is 5. The molecule has 3 unspecified atom stereocenters. The number of aliphatic hydroxyl groups excluding tert-OH is 1. The fourth-order valence-electron chi connectivity index (χ4n) is 4.22. The van der Waals surface area contributed by atoms with Crippen molar-refractivity contribution in [2.24, 2.45) is 0 Å². The van der Waals surface area contributed by atoms with Crippen molar-refractivity contribution in [3.05, 3.63) is 101 Å². The van der Waals surface area contributed by atoms with Crippen LogP contribution in [0.15, 0.2) is 78.9 Å². The summed E-state index contributed by atoms with van der Waals surface area (Å²) in [5.41, 5.74) is 2.39. The Labute approximate surface area is 205 Å². The number of carbonyl (C=O) groups excluding carboxylic acids is 2. The molecule has 4 rings (SSSR count). The van der Waals surface area contributed by atoms with Crippen LogP contribution in [0, 0.1) is 6.92 Å². The third-order valence-corrected chi connectivity index (χ3v) is 6.25. The number of methoxy groups -OCH3 is 1. The van der Waals surface area contributed by atoms with E-state index >= 15 is 0 Å². The molecule has 3 amide bonds. The van der Waals surface area contributed by atoms with Crippen molar-refractivity contribution in [2.45, 2.75) is 31.6 Å². The highest BCUT2D eigenvalue weighted by Crippen LogP contribution is 2.31. The maximum absolute atomic E-state index is 13.2. The Bertz CT molecular complexity index is 1180. The molecule has 2 N–H and O–H groups in total. The normalized spacial score (nSPS) is 19.4. The van der Waals surface area contributed by atoms with E-state index in [4.69, 9.17) is 9.47 Å². The Balaban J connectivity index is 1.46. The lowest BCUT2D eigenvalue weighted by Gasteiger charge is -2.24. The molecule has 1 fully saturated rings. The lowest BCUT2D eigenvalue weighted by atomic mass is 9.92. The summed E-state index contributed by atoms with van der Waals surface area (Å²) in [4.78, 5) is 27.0. The van der Waals surface area contributed by atoms with Gasteiger partial charge in [0, 0.05) is 0 Å². The molecule has 0 radical (unpaired) electrons. The van der Waals surface area contributed by atoms with E-state index in [0.717, 1.165) is 21.6 Å². The van der Waals surface area contributed by atoms with Crippen molar-refractivity contribution in [3.8, 4) is 5.75 Å². The average Bonchev–Trinajstić information content (AvgIpc) is 3.09. The first-order valence-corrected chi connectivity index (χ1v) is 11.5. The Kier molecular flexibility index (Phi) is 7.19. The minimum absolute atomic E-state index is 0.0552. The summed E-state index contributed by atoms with van der Waals surface area (Å²) in [6.07, 6.45) is -1.45. The zero-order valence-electron chi connectivity index (χ0n) is 20.1. The van der Waals surface area contributed by atoms with E-state index in [2.05, 4.69) is 5.32 Å². The number of carbonyl (C=O) groups is 2. The first-order chi connectivity index (χ1) is 16.8. The summed E-state index contributed by atoms with van der Waals surface area (Å²) < 4.78 is 11.4. The van der Waals surface area contributed by atoms with E-state index in [1.165, 1.54) is 0 Å². The molecule has 182 valence electrons. The van der Waals surface area contributed by atoms with Gasteiger partial charge in [-0.15, -0.1) is 0 Å². The molecule has 1 saturated heterocycles. The average molecular weight is 475 g/mol. The van der Waals surface area contributed by atoms with Gasteiger partial charge in [0.15, 0.2) is 0 Å². The fourth-order valence-corrected chi connectivity index (χ4v) is 4.22. The standard InChI is InChI=1S/C28H30N2O5/c1-19-12-14-21(15-13-19)25(20-8-5-4-6-9-20)35-18-23(31)17-30-26(32)28(2,29-27(30)33)22-10-7-11-24(16-22)34-3/h4-16,23,25,31H,17-18H2,1-3H3,(H,29,33). The molecule has 7 nitrogen and oxygen atoms in total. The van der Waals surface area contributed by atoms with Gasteiger partial charge in [0.2, 0.25) is 0 Å². The van der Waals surface area contributed by atoms with E-state index in [9.17, 15) is 14.7 Å². The van der Waals surface area contributed by atoms with Crippen LogP contribution in [0.4, 0.5) is 4.79 Å². The number of imide groups is 1. The highest BCUT2D eigenvalue weighted by molar-refractivity contribution is 6.07. The lowest BCUT2D eigenvalue weighted by molar-refractivity contribution is -0.132. The van der Waals surface area contributed by atoms with Crippen LogP contribution in [0.2, 0.25) is 0 Å². The van der Waals surface area contributed by atoms with Gasteiger partial charge in [0.25, 0.3) is 5.91 Å². The number of nitrogens with one attached hydrogen (secondary N) is 1. The van der Waals surface area contributed by atoms with E-state index < -0.39 is 29.7 Å². The van der Waals surface area contributed by atoms with Crippen molar-refractivity contribution < 1.29 is 24.2 Å². The third-order valence-electron chi connectivity index (χ3n) is 6.25. The minimum atomic E-state index is -1.25. The number of rotatable bonds is 9. The fraction of sp³-hybridized carbons (Fsp3) is 0.286. The number of nitrogens with zero attached hydrogens (tertiary/aromatic N) is 1. The van der Waals surface area contributed by atoms with Crippen LogP contribution in [0.1, 0.15) is 35.3 Å². The third kappa shape index (κ3) is 5.21. The number of aliphatic hydroxyl groups is 1. The first kappa shape index (κ1) is 24.4. The zero-order valence-corrected chi connectivity index (χ0v) is 20.1. The first-order valence-electron chi connectivity index (χ1n) is 11.5. The summed E-state index contributed by atoms with van der Waals surface area (Å²) in [5.74, 6) is 0.147. The molecule has 1 aliphatic heterocycles. The van der Waals surface area contributed by atoms with Gasteiger partial charge < -0.3 is 19.9 Å². The van der Waals surface area contributed by atoms with Crippen molar-refractivity contribution in [3.63, 3.8) is 0 Å². The van der Waals surface area contributed by atoms with Gasteiger partial charge in [-0.25, -0.2) is 4.79 Å². The molecule has 3 aromatic carbocycles. The molecule has 0 spiro atoms. The largest absolute Gasteiger partial charge is 0.497 e. The number of urea groups is 1. The molecule has 3 aromatic rings. The van der Waals surface area contributed by atoms with Crippen molar-refractivity contribution in [1.82, 2.24) is 10.2 Å². The molecule has 35 heavy (non-hydrogen) atoms. The molecular formula is C28H30N2O5. The molecule has 3 atom stereocenters. The molecule has 1 aliphatic rings. The number of aryl methyl sites for hydroxylation is 1. The summed E-state index contributed by atoms with van der Waals surface area (Å²) in [5, 5.41) is 13.5. The van der Waals surface area contributed by atoms with Crippen molar-refractivity contribution in [2.75, 3.05) is 20.3 Å². The summed E-state index contributed by atoms with van der Waals surface area (Å²) in [6, 6.07) is 24.2. The number of β-amino-alcohol motifs (C(OH)–C–C–N with tert-alkyl or cyclic N) is 1. The smallest absolute Gasteiger partial charge is 0.325 e. The van der Waals surface area contributed by atoms with Gasteiger partial charge in [0.05, 0.1) is 26.4 Å². The molecular weight excluding hydrogens is 444 g/mol. The number of ether oxygens (including phenoxy) is 2. The predicted molar refractivity (Wildman–Crippen MR) is 132 cm³/mol. The van der Waals surface area contributed by atoms with E-state index in [1.54, 1.807) is 38.3 Å². The van der Waals surface area contributed by atoms with Gasteiger partial charge in [-0.2, -0.15) is 0 Å². The van der Waals surface area contributed by atoms with Crippen LogP contribution in [-0.2, 0) is 15.1 Å². The Morgan fingerprint density at radius 2 is 1.66 bits per heavy atom. The Morgan fingerprint density at radius 1 is 0.971 bits per heavy atom. The number of amides is 3. The summed E-state index contributed by atoms with van der Waals surface area (Å²) in [6.45, 7) is 3.43. The topological polar surface area (TPSA) is 88.1 Å². The number of hydrogen-bond donors (Lipinski definition) is 2. The molecule has 0 aromatic heterocycles. The van der Waals surface area contributed by atoms with Crippen LogP contribution in [-0.4, -0.2) is 48.3 Å². The van der Waals surface area contributed by atoms with Crippen molar-refractivity contribution >= 4 is 11.9 Å². The van der Waals surface area contributed by atoms with Crippen LogP contribution >= 0.6 is 0 Å². The van der Waals surface area contributed by atoms with Crippen LogP contribution in [0.25, 0.3) is 0 Å². The van der Waals surface area contributed by atoms with E-state index in [-0.39, 0.29) is 13.2 Å². The van der Waals surface area contributed by atoms with Gasteiger partial charge in [-0.05, 0) is 42.7 Å². The van der Waals surface area contributed by atoms with Crippen LogP contribution in [0.5, 0.6) is 5.75 Å². The Morgan fingerprint density at radius 3 is 2.34 bits per heavy atom. The van der Waals surface area contributed by atoms with Gasteiger partial charge in [-0.1, -0.05) is 72.3 Å². The van der Waals surface area contributed by atoms with Crippen LogP contribution < -0.4 is 10.1 Å². The zero-order chi connectivity index (χ0) is 25.0. The highest BCUT2D eigenvalue weighted by Gasteiger charge is 2.49. The maximum Gasteiger partial charge on any atom is 0.325 e. The van der Waals surface area contributed by atoms with Gasteiger partial charge in [0.1, 0.15) is 17.4 Å². The van der Waals surface area contributed by atoms with Crippen LogP contribution in [0.3, 0.4) is 0 Å². The second kappa shape index (κ2) is 10.3. The molecule has 7 heteroatoms.